The molecule has 1 fully saturated rings. The summed E-state index contributed by atoms with van der Waals surface area (Å²) in [7, 11) is 6.91. The number of ether oxygens (including phenoxy) is 3. The summed E-state index contributed by atoms with van der Waals surface area (Å²) in [6.07, 6.45) is 1.52. The predicted molar refractivity (Wildman–Crippen MR) is 132 cm³/mol. The van der Waals surface area contributed by atoms with E-state index >= 15 is 0 Å². The van der Waals surface area contributed by atoms with Crippen LogP contribution in [-0.4, -0.2) is 75.3 Å². The molecule has 2 aromatic carbocycles. The number of likely N-dealkylation sites (tertiary alicyclic amines) is 1. The van der Waals surface area contributed by atoms with Gasteiger partial charge in [-0.1, -0.05) is 19.1 Å². The van der Waals surface area contributed by atoms with Gasteiger partial charge in [-0.25, -0.2) is 0 Å². The van der Waals surface area contributed by atoms with Crippen LogP contribution < -0.4 is 14.2 Å². The number of methoxy groups -OCH3 is 2. The van der Waals surface area contributed by atoms with Gasteiger partial charge in [0.1, 0.15) is 11.7 Å². The Morgan fingerprint density at radius 2 is 1.74 bits per heavy atom. The molecule has 1 heterocycles. The van der Waals surface area contributed by atoms with Crippen molar-refractivity contribution in [3.63, 3.8) is 0 Å². The third-order valence-electron chi connectivity index (χ3n) is 6.06. The first-order chi connectivity index (χ1) is 16.8. The summed E-state index contributed by atoms with van der Waals surface area (Å²) in [5.41, 5.74) is 0.916. The van der Waals surface area contributed by atoms with Crippen LogP contribution in [0.3, 0.4) is 0 Å². The van der Waals surface area contributed by atoms with Gasteiger partial charge in [0.25, 0.3) is 5.91 Å². The Morgan fingerprint density at radius 3 is 2.34 bits per heavy atom. The lowest BCUT2D eigenvalue weighted by Gasteiger charge is -2.29. The minimum Gasteiger partial charge on any atom is -0.494 e. The van der Waals surface area contributed by atoms with Crippen LogP contribution in [0.2, 0.25) is 0 Å². The Hall–Kier alpha value is -3.39. The molecule has 1 saturated heterocycles. The first-order valence-corrected chi connectivity index (χ1v) is 11.8. The van der Waals surface area contributed by atoms with Gasteiger partial charge < -0.3 is 24.0 Å². The van der Waals surface area contributed by atoms with Gasteiger partial charge in [0.05, 0.1) is 26.9 Å². The molecule has 0 spiro atoms. The largest absolute Gasteiger partial charge is 0.494 e. The molecule has 0 aromatic heterocycles. The molecule has 8 nitrogen and oxygen atoms in total. The molecule has 2 atom stereocenters. The van der Waals surface area contributed by atoms with E-state index in [0.29, 0.717) is 47.9 Å². The second-order valence-electron chi connectivity index (χ2n) is 8.76. The van der Waals surface area contributed by atoms with Gasteiger partial charge in [0.15, 0.2) is 17.3 Å². The van der Waals surface area contributed by atoms with Crippen LogP contribution in [0, 0.1) is 5.92 Å². The molecule has 0 radical (unpaired) electrons. The van der Waals surface area contributed by atoms with Gasteiger partial charge in [-0.05, 0) is 63.8 Å². The summed E-state index contributed by atoms with van der Waals surface area (Å²) in [4.78, 5) is 43.6. The molecule has 0 bridgehead atoms. The van der Waals surface area contributed by atoms with E-state index in [1.165, 1.54) is 19.1 Å². The average molecular weight is 483 g/mol. The van der Waals surface area contributed by atoms with E-state index in [1.807, 2.05) is 25.9 Å². The van der Waals surface area contributed by atoms with Gasteiger partial charge in [0.2, 0.25) is 5.78 Å². The van der Waals surface area contributed by atoms with E-state index in [1.54, 1.807) is 42.5 Å². The molecule has 1 aliphatic heterocycles. The van der Waals surface area contributed by atoms with Crippen molar-refractivity contribution in [2.75, 3.05) is 48.0 Å². The SMILES string of the molecule is CCCOc1ccc(C(=O)C2C(=O)C(=O)N(CCCN(C)C)C2c2cccc(OC)c2OC)cc1. The van der Waals surface area contributed by atoms with Crippen LogP contribution in [0.15, 0.2) is 42.5 Å². The van der Waals surface area contributed by atoms with Crippen molar-refractivity contribution < 1.29 is 28.6 Å². The number of Topliss-reactive ketones (excluding diaryl/α,β-unsaturated/α-hetero) is 2. The van der Waals surface area contributed by atoms with Crippen molar-refractivity contribution >= 4 is 17.5 Å². The Labute approximate surface area is 206 Å². The lowest BCUT2D eigenvalue weighted by Crippen LogP contribution is -2.33. The van der Waals surface area contributed by atoms with E-state index in [9.17, 15) is 14.4 Å². The molecule has 0 saturated carbocycles. The summed E-state index contributed by atoms with van der Waals surface area (Å²) in [5.74, 6) is -1.44. The molecule has 3 rings (SSSR count). The maximum atomic E-state index is 13.7. The Balaban J connectivity index is 2.03. The van der Waals surface area contributed by atoms with Crippen LogP contribution in [-0.2, 0) is 9.59 Å². The first-order valence-electron chi connectivity index (χ1n) is 11.8. The monoisotopic (exact) mass is 482 g/mol. The number of nitrogens with zero attached hydrogens (tertiary/aromatic N) is 2. The smallest absolute Gasteiger partial charge is 0.291 e. The van der Waals surface area contributed by atoms with E-state index in [-0.39, 0.29) is 0 Å². The molecular weight excluding hydrogens is 448 g/mol. The molecule has 1 aliphatic rings. The summed E-state index contributed by atoms with van der Waals surface area (Å²) in [6.45, 7) is 3.65. The fourth-order valence-electron chi connectivity index (χ4n) is 4.39. The van der Waals surface area contributed by atoms with Crippen molar-refractivity contribution in [2.24, 2.45) is 5.92 Å². The number of hydrogen-bond donors (Lipinski definition) is 0. The topological polar surface area (TPSA) is 85.4 Å². The third kappa shape index (κ3) is 5.65. The molecule has 8 heteroatoms. The zero-order valence-electron chi connectivity index (χ0n) is 21.1. The maximum absolute atomic E-state index is 13.7. The van der Waals surface area contributed by atoms with E-state index < -0.39 is 29.4 Å². The van der Waals surface area contributed by atoms with Gasteiger partial charge in [-0.2, -0.15) is 0 Å². The maximum Gasteiger partial charge on any atom is 0.291 e. The summed E-state index contributed by atoms with van der Waals surface area (Å²) in [5, 5.41) is 0. The number of ketones is 2. The number of para-hydroxylation sites is 1. The second-order valence-corrected chi connectivity index (χ2v) is 8.76. The van der Waals surface area contributed by atoms with Crippen molar-refractivity contribution in [1.29, 1.82) is 0 Å². The van der Waals surface area contributed by atoms with Gasteiger partial charge in [0, 0.05) is 17.7 Å². The zero-order valence-corrected chi connectivity index (χ0v) is 21.1. The van der Waals surface area contributed by atoms with Crippen molar-refractivity contribution in [2.45, 2.75) is 25.8 Å². The van der Waals surface area contributed by atoms with Crippen LogP contribution in [0.1, 0.15) is 41.7 Å². The summed E-state index contributed by atoms with van der Waals surface area (Å²) >= 11 is 0. The number of hydrogen-bond acceptors (Lipinski definition) is 7. The van der Waals surface area contributed by atoms with Crippen LogP contribution in [0.25, 0.3) is 0 Å². The molecule has 35 heavy (non-hydrogen) atoms. The number of carbonyl (C=O) groups is 3. The Bertz CT molecular complexity index is 1050. The van der Waals surface area contributed by atoms with E-state index in [4.69, 9.17) is 14.2 Å². The highest BCUT2D eigenvalue weighted by Crippen LogP contribution is 2.45. The molecule has 2 aromatic rings. The fraction of sp³-hybridized carbons (Fsp3) is 0.444. The van der Waals surface area contributed by atoms with Gasteiger partial charge in [-0.3, -0.25) is 14.4 Å². The second kappa shape index (κ2) is 11.8. The third-order valence-corrected chi connectivity index (χ3v) is 6.06. The number of carbonyl (C=O) groups excluding carboxylic acids is 3. The molecule has 188 valence electrons. The average Bonchev–Trinajstić information content (AvgIpc) is 3.11. The highest BCUT2D eigenvalue weighted by Gasteiger charge is 2.52. The van der Waals surface area contributed by atoms with Crippen LogP contribution in [0.5, 0.6) is 17.2 Å². The summed E-state index contributed by atoms with van der Waals surface area (Å²) in [6, 6.07) is 11.2. The standard InChI is InChI=1S/C27H34N2O6/c1-6-17-35-19-13-11-18(12-14-19)24(30)22-23(20-9-7-10-21(33-4)26(20)34-5)29(27(32)25(22)31)16-8-15-28(2)3/h7,9-14,22-23H,6,8,15-17H2,1-5H3. The number of rotatable bonds is 12. The molecular formula is C27H34N2O6. The minimum atomic E-state index is -1.19. The highest BCUT2D eigenvalue weighted by atomic mass is 16.5. The van der Waals surface area contributed by atoms with Gasteiger partial charge in [-0.15, -0.1) is 0 Å². The minimum absolute atomic E-state index is 0.335. The zero-order chi connectivity index (χ0) is 25.5. The van der Waals surface area contributed by atoms with E-state index in [2.05, 4.69) is 0 Å². The Morgan fingerprint density at radius 1 is 1.03 bits per heavy atom. The normalized spacial score (nSPS) is 17.7. The molecule has 0 aliphatic carbocycles. The van der Waals surface area contributed by atoms with E-state index in [0.717, 1.165) is 13.0 Å². The lowest BCUT2D eigenvalue weighted by atomic mass is 9.85. The molecule has 0 N–H and O–H groups in total. The number of amides is 1. The number of benzene rings is 2. The first kappa shape index (κ1) is 26.2. The molecule has 1 amide bonds. The quantitative estimate of drug-likeness (QED) is 0.260. The summed E-state index contributed by atoms with van der Waals surface area (Å²) < 4.78 is 16.7. The van der Waals surface area contributed by atoms with Crippen molar-refractivity contribution in [1.82, 2.24) is 9.80 Å². The fourth-order valence-corrected chi connectivity index (χ4v) is 4.39. The highest BCUT2D eigenvalue weighted by molar-refractivity contribution is 6.44. The molecule has 2 unspecified atom stereocenters. The van der Waals surface area contributed by atoms with Crippen molar-refractivity contribution in [3.8, 4) is 17.2 Å². The predicted octanol–water partition coefficient (Wildman–Crippen LogP) is 3.40. The van der Waals surface area contributed by atoms with Crippen molar-refractivity contribution in [3.05, 3.63) is 53.6 Å². The van der Waals surface area contributed by atoms with Crippen LogP contribution in [0.4, 0.5) is 0 Å². The van der Waals surface area contributed by atoms with Crippen LogP contribution >= 0.6 is 0 Å². The lowest BCUT2D eigenvalue weighted by molar-refractivity contribution is -0.140. The van der Waals surface area contributed by atoms with Gasteiger partial charge >= 0.3 is 0 Å². The Kier molecular flexibility index (Phi) is 8.87.